The maximum atomic E-state index is 10.9. The van der Waals surface area contributed by atoms with E-state index in [2.05, 4.69) is 0 Å². The van der Waals surface area contributed by atoms with Gasteiger partial charge in [0.25, 0.3) is 0 Å². The summed E-state index contributed by atoms with van der Waals surface area (Å²) in [6.07, 6.45) is 3.82. The van der Waals surface area contributed by atoms with Gasteiger partial charge in [-0.1, -0.05) is 6.08 Å². The average molecular weight is 247 g/mol. The molecule has 0 unspecified atom stereocenters. The predicted molar refractivity (Wildman–Crippen MR) is 59.1 cm³/mol. The molecule has 4 nitrogen and oxygen atoms in total. The van der Waals surface area contributed by atoms with E-state index in [4.69, 9.17) is 21.1 Å². The van der Waals surface area contributed by atoms with Crippen LogP contribution in [-0.4, -0.2) is 29.5 Å². The van der Waals surface area contributed by atoms with Crippen molar-refractivity contribution in [2.45, 2.75) is 44.3 Å². The van der Waals surface area contributed by atoms with E-state index in [1.165, 1.54) is 13.8 Å². The van der Waals surface area contributed by atoms with Crippen molar-refractivity contribution in [3.05, 3.63) is 12.2 Å². The molecule has 0 aromatic carbocycles. The molecule has 0 N–H and O–H groups in total. The Morgan fingerprint density at radius 1 is 1.12 bits per heavy atom. The van der Waals surface area contributed by atoms with Gasteiger partial charge in [-0.25, -0.2) is 0 Å². The van der Waals surface area contributed by atoms with Crippen LogP contribution in [0.2, 0.25) is 0 Å². The molecule has 0 saturated carbocycles. The maximum absolute atomic E-state index is 10.9. The monoisotopic (exact) mass is 246 g/mol. The van der Waals surface area contributed by atoms with Crippen LogP contribution in [0.4, 0.5) is 0 Å². The molecular formula is C11H15ClO4. The lowest BCUT2D eigenvalue weighted by molar-refractivity contribution is -0.150. The van der Waals surface area contributed by atoms with Gasteiger partial charge in [0.2, 0.25) is 0 Å². The first kappa shape index (κ1) is 13.0. The Balaban J connectivity index is 2.62. The molecule has 0 amide bonds. The van der Waals surface area contributed by atoms with E-state index in [0.717, 1.165) is 0 Å². The molecule has 0 aromatic heterocycles. The lowest BCUT2D eigenvalue weighted by Crippen LogP contribution is -2.24. The number of hydrogen-bond acceptors (Lipinski definition) is 4. The number of rotatable bonds is 2. The van der Waals surface area contributed by atoms with Gasteiger partial charge in [0.1, 0.15) is 12.2 Å². The van der Waals surface area contributed by atoms with E-state index in [9.17, 15) is 9.59 Å². The first-order chi connectivity index (χ1) is 7.47. The minimum Gasteiger partial charge on any atom is -0.462 e. The Morgan fingerprint density at radius 2 is 1.75 bits per heavy atom. The summed E-state index contributed by atoms with van der Waals surface area (Å²) >= 11 is 5.98. The third kappa shape index (κ3) is 4.66. The van der Waals surface area contributed by atoms with Gasteiger partial charge in [-0.05, 0) is 6.08 Å². The zero-order chi connectivity index (χ0) is 12.1. The summed E-state index contributed by atoms with van der Waals surface area (Å²) in [7, 11) is 0. The molecule has 0 saturated heterocycles. The number of alkyl halides is 1. The molecule has 0 spiro atoms. The fourth-order valence-corrected chi connectivity index (χ4v) is 1.92. The molecule has 3 atom stereocenters. The van der Waals surface area contributed by atoms with Crippen LogP contribution < -0.4 is 0 Å². The van der Waals surface area contributed by atoms with E-state index in [0.29, 0.717) is 12.8 Å². The van der Waals surface area contributed by atoms with Crippen molar-refractivity contribution < 1.29 is 19.1 Å². The molecule has 0 fully saturated rings. The zero-order valence-electron chi connectivity index (χ0n) is 9.31. The third-order valence-electron chi connectivity index (χ3n) is 2.17. The van der Waals surface area contributed by atoms with Gasteiger partial charge < -0.3 is 9.47 Å². The van der Waals surface area contributed by atoms with Gasteiger partial charge in [0, 0.05) is 26.7 Å². The standard InChI is InChI=1S/C11H15ClO4/c1-7(13)15-10-4-3-9(12)5-11(6-10)16-8(2)14/h3-4,9-11H,5-6H2,1-2H3/t9-,10+,11+/m1/s1. The van der Waals surface area contributed by atoms with Crippen LogP contribution >= 0.6 is 11.6 Å². The average Bonchev–Trinajstić information content (AvgIpc) is 2.26. The van der Waals surface area contributed by atoms with Crippen LogP contribution in [0, 0.1) is 0 Å². The Bertz CT molecular complexity index is 300. The number of ether oxygens (including phenoxy) is 2. The summed E-state index contributed by atoms with van der Waals surface area (Å²) in [4.78, 5) is 21.7. The second-order valence-electron chi connectivity index (χ2n) is 3.75. The lowest BCUT2D eigenvalue weighted by atomic mass is 10.1. The van der Waals surface area contributed by atoms with Crippen LogP contribution in [-0.2, 0) is 19.1 Å². The van der Waals surface area contributed by atoms with E-state index in [-0.39, 0.29) is 29.5 Å². The summed E-state index contributed by atoms with van der Waals surface area (Å²) in [6, 6.07) is 0. The summed E-state index contributed by atoms with van der Waals surface area (Å²) in [5, 5.41) is -0.204. The smallest absolute Gasteiger partial charge is 0.303 e. The molecule has 5 heteroatoms. The zero-order valence-corrected chi connectivity index (χ0v) is 10.1. The van der Waals surface area contributed by atoms with E-state index in [1.54, 1.807) is 12.2 Å². The Hall–Kier alpha value is -1.03. The Morgan fingerprint density at radius 3 is 2.31 bits per heavy atom. The van der Waals surface area contributed by atoms with Crippen molar-refractivity contribution >= 4 is 23.5 Å². The van der Waals surface area contributed by atoms with Crippen molar-refractivity contribution in [3.8, 4) is 0 Å². The van der Waals surface area contributed by atoms with Gasteiger partial charge in [0.15, 0.2) is 0 Å². The number of esters is 2. The highest BCUT2D eigenvalue weighted by atomic mass is 35.5. The Kier molecular flexibility index (Phi) is 4.80. The highest BCUT2D eigenvalue weighted by Crippen LogP contribution is 2.21. The van der Waals surface area contributed by atoms with Gasteiger partial charge in [0.05, 0.1) is 5.38 Å². The minimum absolute atomic E-state index is 0.204. The molecule has 0 heterocycles. The number of allylic oxidation sites excluding steroid dienone is 1. The number of carbonyl (C=O) groups excluding carboxylic acids is 2. The first-order valence-corrected chi connectivity index (χ1v) is 5.58. The van der Waals surface area contributed by atoms with E-state index in [1.807, 2.05) is 0 Å². The van der Waals surface area contributed by atoms with Crippen molar-refractivity contribution in [1.29, 1.82) is 0 Å². The SMILES string of the molecule is CC(=O)O[C@H]1C[C@H](Cl)C=C[C@H](OC(C)=O)C1. The second-order valence-corrected chi connectivity index (χ2v) is 4.31. The largest absolute Gasteiger partial charge is 0.462 e. The predicted octanol–water partition coefficient (Wildman–Crippen LogP) is 1.81. The fraction of sp³-hybridized carbons (Fsp3) is 0.636. The number of hydrogen-bond donors (Lipinski definition) is 0. The molecule has 16 heavy (non-hydrogen) atoms. The van der Waals surface area contributed by atoms with Gasteiger partial charge in [-0.3, -0.25) is 9.59 Å². The molecule has 0 aliphatic heterocycles. The quantitative estimate of drug-likeness (QED) is 0.424. The minimum atomic E-state index is -0.370. The van der Waals surface area contributed by atoms with Gasteiger partial charge in [-0.2, -0.15) is 0 Å². The Labute approximate surface area is 99.5 Å². The molecule has 0 radical (unpaired) electrons. The van der Waals surface area contributed by atoms with Crippen molar-refractivity contribution in [2.24, 2.45) is 0 Å². The van der Waals surface area contributed by atoms with E-state index < -0.39 is 0 Å². The van der Waals surface area contributed by atoms with E-state index >= 15 is 0 Å². The van der Waals surface area contributed by atoms with Crippen LogP contribution in [0.5, 0.6) is 0 Å². The third-order valence-corrected chi connectivity index (χ3v) is 2.49. The molecule has 90 valence electrons. The van der Waals surface area contributed by atoms with Crippen LogP contribution in [0.15, 0.2) is 12.2 Å². The normalized spacial score (nSPS) is 29.3. The highest BCUT2D eigenvalue weighted by molar-refractivity contribution is 6.21. The fourth-order valence-electron chi connectivity index (χ4n) is 1.64. The van der Waals surface area contributed by atoms with Crippen LogP contribution in [0.25, 0.3) is 0 Å². The van der Waals surface area contributed by atoms with Crippen LogP contribution in [0.1, 0.15) is 26.7 Å². The molecule has 1 aliphatic rings. The van der Waals surface area contributed by atoms with Crippen molar-refractivity contribution in [2.75, 3.05) is 0 Å². The summed E-state index contributed by atoms with van der Waals surface area (Å²) in [6.45, 7) is 2.69. The summed E-state index contributed by atoms with van der Waals surface area (Å²) in [5.41, 5.74) is 0. The number of carbonyl (C=O) groups is 2. The van der Waals surface area contributed by atoms with Crippen molar-refractivity contribution in [1.82, 2.24) is 0 Å². The molecule has 0 aromatic rings. The molecule has 0 bridgehead atoms. The first-order valence-electron chi connectivity index (χ1n) is 5.14. The van der Waals surface area contributed by atoms with Gasteiger partial charge in [-0.15, -0.1) is 11.6 Å². The number of halogens is 1. The topological polar surface area (TPSA) is 52.6 Å². The maximum Gasteiger partial charge on any atom is 0.303 e. The molecular weight excluding hydrogens is 232 g/mol. The lowest BCUT2D eigenvalue weighted by Gasteiger charge is -2.19. The molecule has 1 aliphatic carbocycles. The van der Waals surface area contributed by atoms with Crippen molar-refractivity contribution in [3.63, 3.8) is 0 Å². The second kappa shape index (κ2) is 5.89. The van der Waals surface area contributed by atoms with Gasteiger partial charge >= 0.3 is 11.9 Å². The van der Waals surface area contributed by atoms with Crippen LogP contribution in [0.3, 0.4) is 0 Å². The highest BCUT2D eigenvalue weighted by Gasteiger charge is 2.24. The summed E-state index contributed by atoms with van der Waals surface area (Å²) < 4.78 is 10.2. The summed E-state index contributed by atoms with van der Waals surface area (Å²) in [5.74, 6) is -0.707. The molecule has 1 rings (SSSR count).